The van der Waals surface area contributed by atoms with Crippen molar-refractivity contribution in [3.63, 3.8) is 0 Å². The second-order valence-corrected chi connectivity index (χ2v) is 8.27. The van der Waals surface area contributed by atoms with Crippen molar-refractivity contribution < 1.29 is 14.8 Å². The molecule has 2 aliphatic rings. The van der Waals surface area contributed by atoms with Crippen molar-refractivity contribution in [1.29, 1.82) is 0 Å². The average Bonchev–Trinajstić information content (AvgIpc) is 2.53. The van der Waals surface area contributed by atoms with E-state index in [0.717, 1.165) is 32.1 Å². The number of nitrogens with zero attached hydrogens (tertiary/aromatic N) is 1. The van der Waals surface area contributed by atoms with Crippen molar-refractivity contribution in [2.75, 3.05) is 0 Å². The SMILES string of the molecule is CCCCCc1cc(O)c2c(c1[N+](=O)[O-])OC(C)(C)[C@@H]1CC=C(C)C[C@@H]21. The van der Waals surface area contributed by atoms with Crippen LogP contribution in [0, 0.1) is 16.0 Å². The van der Waals surface area contributed by atoms with Crippen molar-refractivity contribution in [3.8, 4) is 11.5 Å². The van der Waals surface area contributed by atoms with Crippen molar-refractivity contribution >= 4 is 5.69 Å². The highest BCUT2D eigenvalue weighted by Crippen LogP contribution is 2.57. The molecule has 3 rings (SSSR count). The third-order valence-electron chi connectivity index (χ3n) is 5.96. The first-order valence-electron chi connectivity index (χ1n) is 9.64. The maximum Gasteiger partial charge on any atom is 0.314 e. The highest BCUT2D eigenvalue weighted by atomic mass is 16.6. The van der Waals surface area contributed by atoms with Gasteiger partial charge in [-0.15, -0.1) is 0 Å². The zero-order valence-electron chi connectivity index (χ0n) is 16.2. The van der Waals surface area contributed by atoms with Crippen molar-refractivity contribution in [1.82, 2.24) is 0 Å². The van der Waals surface area contributed by atoms with E-state index in [4.69, 9.17) is 4.74 Å². The largest absolute Gasteiger partial charge is 0.507 e. The summed E-state index contributed by atoms with van der Waals surface area (Å²) in [5.41, 5.74) is 2.02. The van der Waals surface area contributed by atoms with Crippen LogP contribution < -0.4 is 4.74 Å². The number of allylic oxidation sites excluding steroid dienone is 2. The van der Waals surface area contributed by atoms with Gasteiger partial charge in [0.05, 0.1) is 4.92 Å². The zero-order chi connectivity index (χ0) is 19.1. The second-order valence-electron chi connectivity index (χ2n) is 8.27. The van der Waals surface area contributed by atoms with Gasteiger partial charge in [-0.05, 0) is 52.5 Å². The van der Waals surface area contributed by atoms with E-state index in [1.54, 1.807) is 6.07 Å². The zero-order valence-corrected chi connectivity index (χ0v) is 16.2. The molecular weight excluding hydrogens is 330 g/mol. The number of hydrogen-bond acceptors (Lipinski definition) is 4. The van der Waals surface area contributed by atoms with Gasteiger partial charge in [0, 0.05) is 23.0 Å². The van der Waals surface area contributed by atoms with Crippen LogP contribution >= 0.6 is 0 Å². The highest BCUT2D eigenvalue weighted by molar-refractivity contribution is 5.65. The average molecular weight is 359 g/mol. The lowest BCUT2D eigenvalue weighted by Crippen LogP contribution is -2.45. The van der Waals surface area contributed by atoms with Crippen LogP contribution in [0.5, 0.6) is 11.5 Å². The molecular formula is C21H29NO4. The van der Waals surface area contributed by atoms with Crippen LogP contribution in [-0.4, -0.2) is 15.6 Å². The van der Waals surface area contributed by atoms with Crippen molar-refractivity contribution in [3.05, 3.63) is 39.0 Å². The Kier molecular flexibility index (Phi) is 5.00. The standard InChI is InChI=1S/C21H29NO4/c1-5-6-7-8-14-12-17(23)18-15-11-13(2)9-10-16(15)21(3,4)26-20(18)19(14)22(24)25/h9,12,15-16,23H,5-8,10-11H2,1-4H3/t15-,16-/m1/s1. The van der Waals surface area contributed by atoms with Gasteiger partial charge in [-0.3, -0.25) is 10.1 Å². The number of nitro benzene ring substituents is 1. The molecule has 1 N–H and O–H groups in total. The van der Waals surface area contributed by atoms with Gasteiger partial charge in [-0.2, -0.15) is 0 Å². The molecule has 1 aromatic carbocycles. The first-order chi connectivity index (χ1) is 12.3. The summed E-state index contributed by atoms with van der Waals surface area (Å²) in [4.78, 5) is 11.6. The number of hydrogen-bond donors (Lipinski definition) is 1. The first-order valence-corrected chi connectivity index (χ1v) is 9.64. The number of ether oxygens (including phenoxy) is 1. The number of rotatable bonds is 5. The summed E-state index contributed by atoms with van der Waals surface area (Å²) in [6.45, 7) is 8.20. The first kappa shape index (κ1) is 18.7. The molecule has 0 radical (unpaired) electrons. The highest BCUT2D eigenvalue weighted by Gasteiger charge is 2.48. The summed E-state index contributed by atoms with van der Waals surface area (Å²) >= 11 is 0. The number of phenols is 1. The third-order valence-corrected chi connectivity index (χ3v) is 5.96. The molecule has 5 heteroatoms. The lowest BCUT2D eigenvalue weighted by atomic mass is 9.67. The fraction of sp³-hybridized carbons (Fsp3) is 0.619. The molecule has 1 aromatic rings. The summed E-state index contributed by atoms with van der Waals surface area (Å²) in [7, 11) is 0. The molecule has 0 unspecified atom stereocenters. The van der Waals surface area contributed by atoms with Crippen LogP contribution in [0.2, 0.25) is 0 Å². The Morgan fingerprint density at radius 3 is 2.77 bits per heavy atom. The Balaban J connectivity index is 2.15. The molecule has 0 fully saturated rings. The summed E-state index contributed by atoms with van der Waals surface area (Å²) in [6.07, 6.45) is 7.41. The van der Waals surface area contributed by atoms with Gasteiger partial charge in [0.25, 0.3) is 0 Å². The number of phenolic OH excluding ortho intramolecular Hbond substituents is 1. The molecule has 0 spiro atoms. The summed E-state index contributed by atoms with van der Waals surface area (Å²) < 4.78 is 6.21. The van der Waals surface area contributed by atoms with E-state index in [-0.39, 0.29) is 28.2 Å². The van der Waals surface area contributed by atoms with Crippen LogP contribution in [-0.2, 0) is 6.42 Å². The van der Waals surface area contributed by atoms with Gasteiger partial charge in [-0.1, -0.05) is 31.4 Å². The molecule has 5 nitrogen and oxygen atoms in total. The van der Waals surface area contributed by atoms with Crippen LogP contribution in [0.25, 0.3) is 0 Å². The fourth-order valence-electron chi connectivity index (χ4n) is 4.59. The Hall–Kier alpha value is -2.04. The molecule has 1 aliphatic carbocycles. The van der Waals surface area contributed by atoms with Gasteiger partial charge in [0.15, 0.2) is 0 Å². The number of benzene rings is 1. The molecule has 0 amide bonds. The topological polar surface area (TPSA) is 72.6 Å². The molecule has 1 aliphatic heterocycles. The minimum atomic E-state index is -0.506. The van der Waals surface area contributed by atoms with E-state index >= 15 is 0 Å². The quantitative estimate of drug-likeness (QED) is 0.319. The van der Waals surface area contributed by atoms with Gasteiger partial charge in [0.1, 0.15) is 11.4 Å². The smallest absolute Gasteiger partial charge is 0.314 e. The second kappa shape index (κ2) is 6.93. The van der Waals surface area contributed by atoms with Crippen LogP contribution in [0.4, 0.5) is 5.69 Å². The maximum absolute atomic E-state index is 11.9. The lowest BCUT2D eigenvalue weighted by Gasteiger charge is -2.46. The predicted octanol–water partition coefficient (Wildman–Crippen LogP) is 5.64. The van der Waals surface area contributed by atoms with E-state index in [1.165, 1.54) is 5.57 Å². The van der Waals surface area contributed by atoms with Crippen LogP contribution in [0.3, 0.4) is 0 Å². The molecule has 2 atom stereocenters. The van der Waals surface area contributed by atoms with Crippen LogP contribution in [0.1, 0.15) is 76.8 Å². The van der Waals surface area contributed by atoms with Gasteiger partial charge in [-0.25, -0.2) is 0 Å². The third kappa shape index (κ3) is 3.19. The predicted molar refractivity (Wildman–Crippen MR) is 102 cm³/mol. The Morgan fingerprint density at radius 1 is 1.38 bits per heavy atom. The van der Waals surface area contributed by atoms with E-state index in [9.17, 15) is 15.2 Å². The molecule has 0 aromatic heterocycles. The lowest BCUT2D eigenvalue weighted by molar-refractivity contribution is -0.387. The fourth-order valence-corrected chi connectivity index (χ4v) is 4.59. The van der Waals surface area contributed by atoms with Gasteiger partial charge in [0.2, 0.25) is 5.75 Å². The van der Waals surface area contributed by atoms with Gasteiger partial charge < -0.3 is 9.84 Å². The van der Waals surface area contributed by atoms with Crippen molar-refractivity contribution in [2.45, 2.75) is 77.7 Å². The minimum absolute atomic E-state index is 0.0487. The van der Waals surface area contributed by atoms with Crippen molar-refractivity contribution in [2.24, 2.45) is 5.92 Å². The minimum Gasteiger partial charge on any atom is -0.507 e. The number of unbranched alkanes of at least 4 members (excludes halogenated alkanes) is 2. The maximum atomic E-state index is 11.9. The normalized spacial score (nSPS) is 23.5. The number of aryl methyl sites for hydroxylation is 1. The Labute approximate surface area is 155 Å². The summed E-state index contributed by atoms with van der Waals surface area (Å²) in [6, 6.07) is 1.61. The number of nitro groups is 1. The van der Waals surface area contributed by atoms with E-state index in [0.29, 0.717) is 23.3 Å². The number of aromatic hydroxyl groups is 1. The van der Waals surface area contributed by atoms with E-state index < -0.39 is 5.60 Å². The molecule has 26 heavy (non-hydrogen) atoms. The van der Waals surface area contributed by atoms with E-state index in [2.05, 4.69) is 19.9 Å². The molecule has 0 saturated heterocycles. The van der Waals surface area contributed by atoms with Crippen LogP contribution in [0.15, 0.2) is 17.7 Å². The molecule has 142 valence electrons. The molecule has 1 heterocycles. The number of fused-ring (bicyclic) bond motifs is 3. The Morgan fingerprint density at radius 2 is 2.12 bits per heavy atom. The summed E-state index contributed by atoms with van der Waals surface area (Å²) in [5.74, 6) is 0.706. The molecule has 0 saturated carbocycles. The monoisotopic (exact) mass is 359 g/mol. The van der Waals surface area contributed by atoms with Gasteiger partial charge >= 0.3 is 5.69 Å². The van der Waals surface area contributed by atoms with E-state index in [1.807, 2.05) is 13.8 Å². The summed E-state index contributed by atoms with van der Waals surface area (Å²) in [5, 5.41) is 22.7. The molecule has 0 bridgehead atoms. The Bertz CT molecular complexity index is 751.